The van der Waals surface area contributed by atoms with Crippen LogP contribution in [0.2, 0.25) is 0 Å². The van der Waals surface area contributed by atoms with E-state index >= 15 is 0 Å². The van der Waals surface area contributed by atoms with Crippen molar-refractivity contribution in [1.29, 1.82) is 0 Å². The molecule has 0 spiro atoms. The van der Waals surface area contributed by atoms with Gasteiger partial charge in [0.2, 0.25) is 5.91 Å². The Morgan fingerprint density at radius 3 is 2.57 bits per heavy atom. The number of benzene rings is 2. The minimum absolute atomic E-state index is 0.0852. The first-order valence-corrected chi connectivity index (χ1v) is 11.2. The van der Waals surface area contributed by atoms with Gasteiger partial charge in [0.1, 0.15) is 22.7 Å². The molecule has 0 saturated carbocycles. The Morgan fingerprint density at radius 2 is 1.87 bits per heavy atom. The van der Waals surface area contributed by atoms with Gasteiger partial charge in [-0.25, -0.2) is 9.37 Å². The highest BCUT2D eigenvalue weighted by Crippen LogP contribution is 2.24. The van der Waals surface area contributed by atoms with E-state index in [9.17, 15) is 14.0 Å². The summed E-state index contributed by atoms with van der Waals surface area (Å²) in [5, 5.41) is 4.90. The summed E-state index contributed by atoms with van der Waals surface area (Å²) in [4.78, 5) is 28.7. The second-order valence-electron chi connectivity index (χ2n) is 6.63. The summed E-state index contributed by atoms with van der Waals surface area (Å²) in [5.41, 5.74) is 3.40. The Hall–Kier alpha value is -2.71. The molecule has 156 valence electrons. The molecule has 5 nitrogen and oxygen atoms in total. The van der Waals surface area contributed by atoms with Gasteiger partial charge in [0.05, 0.1) is 11.4 Å². The molecule has 8 heteroatoms. The highest BCUT2D eigenvalue weighted by Gasteiger charge is 2.17. The molecule has 1 unspecified atom stereocenters. The number of amides is 1. The summed E-state index contributed by atoms with van der Waals surface area (Å²) in [6.45, 7) is 3.81. The number of esters is 1. The lowest BCUT2D eigenvalue weighted by Gasteiger charge is -2.11. The molecule has 1 heterocycles. The van der Waals surface area contributed by atoms with E-state index in [4.69, 9.17) is 4.74 Å². The van der Waals surface area contributed by atoms with E-state index in [0.717, 1.165) is 10.6 Å². The lowest BCUT2D eigenvalue weighted by molar-refractivity contribution is -0.144. The number of hydrogen-bond donors (Lipinski definition) is 1. The number of thiazole rings is 1. The fourth-order valence-corrected chi connectivity index (χ4v) is 3.95. The molecule has 1 atom stereocenters. The number of nitrogens with zero attached hydrogens (tertiary/aromatic N) is 1. The fourth-order valence-electron chi connectivity index (χ4n) is 2.46. The number of hydrogen-bond acceptors (Lipinski definition) is 6. The SMILES string of the molecule is Cc1ccc(-c2nc(COC(=O)C(C)SCC(=O)Nc3ccc(F)cc3)cs2)cc1. The molecule has 0 saturated heterocycles. The van der Waals surface area contributed by atoms with Gasteiger partial charge in [-0.2, -0.15) is 0 Å². The molecule has 0 radical (unpaired) electrons. The van der Waals surface area contributed by atoms with Crippen molar-refractivity contribution in [3.05, 3.63) is 71.0 Å². The van der Waals surface area contributed by atoms with Crippen LogP contribution >= 0.6 is 23.1 Å². The first kappa shape index (κ1) is 22.0. The van der Waals surface area contributed by atoms with Gasteiger partial charge < -0.3 is 10.1 Å². The molecule has 3 aromatic rings. The van der Waals surface area contributed by atoms with Crippen molar-refractivity contribution in [3.63, 3.8) is 0 Å². The lowest BCUT2D eigenvalue weighted by Crippen LogP contribution is -2.21. The smallest absolute Gasteiger partial charge is 0.319 e. The number of aromatic nitrogens is 1. The Morgan fingerprint density at radius 1 is 1.17 bits per heavy atom. The van der Waals surface area contributed by atoms with Gasteiger partial charge in [-0.1, -0.05) is 29.8 Å². The van der Waals surface area contributed by atoms with Gasteiger partial charge in [0.15, 0.2) is 0 Å². The van der Waals surface area contributed by atoms with Crippen molar-refractivity contribution in [3.8, 4) is 10.6 Å². The van der Waals surface area contributed by atoms with Gasteiger partial charge in [-0.3, -0.25) is 9.59 Å². The molecule has 0 aliphatic heterocycles. The van der Waals surface area contributed by atoms with E-state index in [1.165, 1.54) is 52.9 Å². The molecule has 1 aromatic heterocycles. The van der Waals surface area contributed by atoms with Crippen LogP contribution in [0.25, 0.3) is 10.6 Å². The molecule has 0 aliphatic rings. The molecule has 30 heavy (non-hydrogen) atoms. The number of thioether (sulfide) groups is 1. The van der Waals surface area contributed by atoms with Crippen LogP contribution in [-0.2, 0) is 20.9 Å². The number of carbonyl (C=O) groups is 2. The summed E-state index contributed by atoms with van der Waals surface area (Å²) in [6, 6.07) is 13.6. The molecule has 0 fully saturated rings. The number of ether oxygens (including phenoxy) is 1. The first-order valence-electron chi connectivity index (χ1n) is 9.26. The molecule has 1 amide bonds. The van der Waals surface area contributed by atoms with Gasteiger partial charge in [-0.05, 0) is 38.1 Å². The normalized spacial score (nSPS) is 11.7. The van der Waals surface area contributed by atoms with Crippen LogP contribution in [0.5, 0.6) is 0 Å². The van der Waals surface area contributed by atoms with E-state index < -0.39 is 11.2 Å². The quantitative estimate of drug-likeness (QED) is 0.492. The average Bonchev–Trinajstić information content (AvgIpc) is 3.21. The topological polar surface area (TPSA) is 68.3 Å². The molecule has 0 bridgehead atoms. The standard InChI is InChI=1S/C22H21FN2O3S2/c1-14-3-5-16(6-4-14)21-25-19(12-30-21)11-28-22(27)15(2)29-13-20(26)24-18-9-7-17(23)8-10-18/h3-10,12,15H,11,13H2,1-2H3,(H,24,26). The van der Waals surface area contributed by atoms with Crippen LogP contribution < -0.4 is 5.32 Å². The van der Waals surface area contributed by atoms with Crippen LogP contribution in [0, 0.1) is 12.7 Å². The zero-order chi connectivity index (χ0) is 21.5. The van der Waals surface area contributed by atoms with E-state index in [2.05, 4.69) is 10.3 Å². The molecular formula is C22H21FN2O3S2. The van der Waals surface area contributed by atoms with Crippen molar-refractivity contribution in [2.75, 3.05) is 11.1 Å². The Labute approximate surface area is 182 Å². The summed E-state index contributed by atoms with van der Waals surface area (Å²) in [7, 11) is 0. The van der Waals surface area contributed by atoms with E-state index in [-0.39, 0.29) is 24.1 Å². The zero-order valence-electron chi connectivity index (χ0n) is 16.6. The predicted molar refractivity (Wildman–Crippen MR) is 119 cm³/mol. The second kappa shape index (κ2) is 10.4. The fraction of sp³-hybridized carbons (Fsp3) is 0.227. The zero-order valence-corrected chi connectivity index (χ0v) is 18.2. The molecule has 0 aliphatic carbocycles. The van der Waals surface area contributed by atoms with Crippen LogP contribution in [0.15, 0.2) is 53.9 Å². The van der Waals surface area contributed by atoms with Crippen LogP contribution in [0.1, 0.15) is 18.2 Å². The highest BCUT2D eigenvalue weighted by molar-refractivity contribution is 8.01. The summed E-state index contributed by atoms with van der Waals surface area (Å²) >= 11 is 2.68. The van der Waals surface area contributed by atoms with Crippen LogP contribution in [0.3, 0.4) is 0 Å². The number of rotatable bonds is 8. The summed E-state index contributed by atoms with van der Waals surface area (Å²) < 4.78 is 18.2. The highest BCUT2D eigenvalue weighted by atomic mass is 32.2. The van der Waals surface area contributed by atoms with E-state index in [1.54, 1.807) is 6.92 Å². The minimum Gasteiger partial charge on any atom is -0.458 e. The van der Waals surface area contributed by atoms with E-state index in [0.29, 0.717) is 11.4 Å². The van der Waals surface area contributed by atoms with Crippen molar-refractivity contribution in [2.24, 2.45) is 0 Å². The maximum atomic E-state index is 12.9. The van der Waals surface area contributed by atoms with Crippen molar-refractivity contribution in [2.45, 2.75) is 25.7 Å². The third kappa shape index (κ3) is 6.40. The van der Waals surface area contributed by atoms with E-state index in [1.807, 2.05) is 36.6 Å². The summed E-state index contributed by atoms with van der Waals surface area (Å²) in [6.07, 6.45) is 0. The third-order valence-corrected chi connectivity index (χ3v) is 6.20. The first-order chi connectivity index (χ1) is 14.4. The number of halogens is 1. The maximum Gasteiger partial charge on any atom is 0.319 e. The predicted octanol–water partition coefficient (Wildman–Crippen LogP) is 5.06. The third-order valence-electron chi connectivity index (χ3n) is 4.14. The average molecular weight is 445 g/mol. The number of nitrogens with one attached hydrogen (secondary N) is 1. The lowest BCUT2D eigenvalue weighted by atomic mass is 10.2. The molecule has 3 rings (SSSR count). The van der Waals surface area contributed by atoms with Crippen molar-refractivity contribution in [1.82, 2.24) is 4.98 Å². The minimum atomic E-state index is -0.501. The van der Waals surface area contributed by atoms with Gasteiger partial charge in [0, 0.05) is 16.6 Å². The van der Waals surface area contributed by atoms with Crippen LogP contribution in [0.4, 0.5) is 10.1 Å². The molecule has 2 aromatic carbocycles. The monoisotopic (exact) mass is 444 g/mol. The van der Waals surface area contributed by atoms with Crippen molar-refractivity contribution >= 4 is 40.7 Å². The molecule has 1 N–H and O–H groups in total. The summed E-state index contributed by atoms with van der Waals surface area (Å²) in [5.74, 6) is -0.958. The number of carbonyl (C=O) groups excluding carboxylic acids is 2. The molecular weight excluding hydrogens is 423 g/mol. The Kier molecular flexibility index (Phi) is 7.59. The maximum absolute atomic E-state index is 12.9. The Balaban J connectivity index is 1.42. The second-order valence-corrected chi connectivity index (χ2v) is 8.81. The van der Waals surface area contributed by atoms with Gasteiger partial charge >= 0.3 is 5.97 Å². The Bertz CT molecular complexity index is 1000. The number of aryl methyl sites for hydroxylation is 1. The van der Waals surface area contributed by atoms with Gasteiger partial charge in [-0.15, -0.1) is 23.1 Å². The van der Waals surface area contributed by atoms with Crippen LogP contribution in [-0.4, -0.2) is 27.9 Å². The largest absolute Gasteiger partial charge is 0.458 e. The number of anilines is 1. The van der Waals surface area contributed by atoms with Crippen molar-refractivity contribution < 1.29 is 18.7 Å². The van der Waals surface area contributed by atoms with Gasteiger partial charge in [0.25, 0.3) is 0 Å².